The highest BCUT2D eigenvalue weighted by Gasteiger charge is 2.33. The molecule has 1 N–H and O–H groups in total. The number of rotatable bonds is 5. The third kappa shape index (κ3) is 4.31. The Kier molecular flexibility index (Phi) is 6.39. The summed E-state index contributed by atoms with van der Waals surface area (Å²) < 4.78 is 1.71. The first-order chi connectivity index (χ1) is 15.3. The fraction of sp³-hybridized carbons (Fsp3) is 0.391. The molecule has 2 amide bonds. The zero-order valence-electron chi connectivity index (χ0n) is 18.9. The van der Waals surface area contributed by atoms with E-state index in [0.717, 1.165) is 32.5 Å². The molecule has 1 atom stereocenters. The van der Waals surface area contributed by atoms with Crippen LogP contribution >= 0.6 is 23.1 Å². The van der Waals surface area contributed by atoms with Crippen molar-refractivity contribution in [2.45, 2.75) is 33.1 Å². The van der Waals surface area contributed by atoms with E-state index >= 15 is 0 Å². The summed E-state index contributed by atoms with van der Waals surface area (Å²) in [6, 6.07) is 8.14. The van der Waals surface area contributed by atoms with Crippen LogP contribution in [0.2, 0.25) is 0 Å². The molecule has 3 heterocycles. The molecule has 9 heteroatoms. The Hall–Kier alpha value is -2.65. The Labute approximate surface area is 196 Å². The number of aryl methyl sites for hydroxylation is 4. The first-order valence-electron chi connectivity index (χ1n) is 10.5. The lowest BCUT2D eigenvalue weighted by molar-refractivity contribution is 0.0747. The Bertz CT molecular complexity index is 1180. The molecule has 1 aliphatic rings. The van der Waals surface area contributed by atoms with Crippen LogP contribution < -0.4 is 5.32 Å². The molecule has 1 unspecified atom stereocenters. The molecular weight excluding hydrogens is 442 g/mol. The molecule has 7 nitrogen and oxygen atoms in total. The molecule has 0 aliphatic carbocycles. The van der Waals surface area contributed by atoms with E-state index in [-0.39, 0.29) is 17.2 Å². The van der Waals surface area contributed by atoms with Crippen LogP contribution in [0.15, 0.2) is 24.3 Å². The lowest BCUT2D eigenvalue weighted by Crippen LogP contribution is -2.42. The second-order valence-electron chi connectivity index (χ2n) is 7.98. The second kappa shape index (κ2) is 9.07. The number of hydrogen-bond acceptors (Lipinski definition) is 6. The molecule has 1 fully saturated rings. The van der Waals surface area contributed by atoms with E-state index in [0.29, 0.717) is 30.0 Å². The lowest BCUT2D eigenvalue weighted by Gasteiger charge is -2.24. The van der Waals surface area contributed by atoms with Crippen LogP contribution in [0, 0.1) is 27.7 Å². The SMILES string of the molecule is Cc1cccc(-c2sc(C)nc2C(=O)N2CCSC2CNC(=O)c2c(C)nn(C)c2C)c1. The van der Waals surface area contributed by atoms with Crippen molar-refractivity contribution in [2.24, 2.45) is 7.05 Å². The molecule has 32 heavy (non-hydrogen) atoms. The van der Waals surface area contributed by atoms with E-state index < -0.39 is 0 Å². The van der Waals surface area contributed by atoms with Crippen molar-refractivity contribution in [2.75, 3.05) is 18.8 Å². The molecule has 4 rings (SSSR count). The van der Waals surface area contributed by atoms with E-state index in [9.17, 15) is 9.59 Å². The van der Waals surface area contributed by atoms with Gasteiger partial charge in [-0.3, -0.25) is 14.3 Å². The van der Waals surface area contributed by atoms with Crippen LogP contribution in [-0.2, 0) is 7.05 Å². The minimum atomic E-state index is -0.155. The minimum Gasteiger partial charge on any atom is -0.349 e. The summed E-state index contributed by atoms with van der Waals surface area (Å²) in [4.78, 5) is 33.6. The van der Waals surface area contributed by atoms with E-state index in [4.69, 9.17) is 0 Å². The van der Waals surface area contributed by atoms with Crippen molar-refractivity contribution in [1.29, 1.82) is 0 Å². The van der Waals surface area contributed by atoms with Gasteiger partial charge in [-0.05, 0) is 33.3 Å². The molecule has 1 aliphatic heterocycles. The van der Waals surface area contributed by atoms with Gasteiger partial charge >= 0.3 is 0 Å². The molecule has 2 aromatic heterocycles. The fourth-order valence-electron chi connectivity index (χ4n) is 3.98. The highest BCUT2D eigenvalue weighted by molar-refractivity contribution is 8.00. The van der Waals surface area contributed by atoms with Crippen LogP contribution in [-0.4, -0.2) is 55.7 Å². The number of nitrogens with zero attached hydrogens (tertiary/aromatic N) is 4. The summed E-state index contributed by atoms with van der Waals surface area (Å²) in [5.74, 6) is 0.599. The van der Waals surface area contributed by atoms with Gasteiger partial charge in [0.1, 0.15) is 5.69 Å². The number of thiazole rings is 1. The van der Waals surface area contributed by atoms with Crippen LogP contribution in [0.3, 0.4) is 0 Å². The highest BCUT2D eigenvalue weighted by Crippen LogP contribution is 2.33. The van der Waals surface area contributed by atoms with E-state index in [1.165, 1.54) is 0 Å². The molecule has 168 valence electrons. The topological polar surface area (TPSA) is 80.1 Å². The fourth-order valence-corrected chi connectivity index (χ4v) is 6.05. The zero-order chi connectivity index (χ0) is 23.0. The van der Waals surface area contributed by atoms with Crippen molar-refractivity contribution in [1.82, 2.24) is 25.0 Å². The minimum absolute atomic E-state index is 0.0798. The third-order valence-electron chi connectivity index (χ3n) is 5.64. The van der Waals surface area contributed by atoms with Gasteiger partial charge in [0.2, 0.25) is 0 Å². The van der Waals surface area contributed by atoms with Crippen LogP contribution in [0.5, 0.6) is 0 Å². The summed E-state index contributed by atoms with van der Waals surface area (Å²) in [6.45, 7) is 8.70. The van der Waals surface area contributed by atoms with Crippen molar-refractivity contribution < 1.29 is 9.59 Å². The molecule has 1 aromatic carbocycles. The van der Waals surface area contributed by atoms with Crippen LogP contribution in [0.25, 0.3) is 10.4 Å². The predicted octanol–water partition coefficient (Wildman–Crippen LogP) is 3.72. The summed E-state index contributed by atoms with van der Waals surface area (Å²) >= 11 is 3.22. The van der Waals surface area contributed by atoms with Gasteiger partial charge in [0.25, 0.3) is 11.8 Å². The number of aromatic nitrogens is 3. The number of carbonyl (C=O) groups is 2. The average Bonchev–Trinajstić information content (AvgIpc) is 3.44. The normalized spacial score (nSPS) is 15.9. The predicted molar refractivity (Wildman–Crippen MR) is 129 cm³/mol. The molecule has 1 saturated heterocycles. The number of carbonyl (C=O) groups excluding carboxylic acids is 2. The number of hydrogen-bond donors (Lipinski definition) is 1. The monoisotopic (exact) mass is 469 g/mol. The maximum absolute atomic E-state index is 13.5. The molecule has 0 spiro atoms. The van der Waals surface area contributed by atoms with E-state index in [1.807, 2.05) is 57.8 Å². The lowest BCUT2D eigenvalue weighted by atomic mass is 10.1. The summed E-state index contributed by atoms with van der Waals surface area (Å²) in [7, 11) is 1.83. The summed E-state index contributed by atoms with van der Waals surface area (Å²) in [6.07, 6.45) is 0. The van der Waals surface area contributed by atoms with Crippen molar-refractivity contribution in [3.05, 3.63) is 57.5 Å². The Morgan fingerprint density at radius 2 is 2.00 bits per heavy atom. The molecular formula is C23H27N5O2S2. The Balaban J connectivity index is 1.52. The maximum atomic E-state index is 13.5. The molecule has 3 aromatic rings. The van der Waals surface area contributed by atoms with Gasteiger partial charge in [-0.15, -0.1) is 23.1 Å². The van der Waals surface area contributed by atoms with E-state index in [1.54, 1.807) is 27.8 Å². The highest BCUT2D eigenvalue weighted by atomic mass is 32.2. The number of nitrogens with one attached hydrogen (secondary N) is 1. The van der Waals surface area contributed by atoms with Gasteiger partial charge in [0.05, 0.1) is 26.5 Å². The first-order valence-corrected chi connectivity index (χ1v) is 12.4. The molecule has 0 radical (unpaired) electrons. The molecule has 0 bridgehead atoms. The first kappa shape index (κ1) is 22.5. The largest absolute Gasteiger partial charge is 0.349 e. The third-order valence-corrected chi connectivity index (χ3v) is 7.89. The van der Waals surface area contributed by atoms with E-state index in [2.05, 4.69) is 21.5 Å². The van der Waals surface area contributed by atoms with Crippen molar-refractivity contribution >= 4 is 34.9 Å². The average molecular weight is 470 g/mol. The standard InChI is InChI=1S/C23H27N5O2S2/c1-13-7-6-8-17(11-13)21-20(25-16(4)32-21)23(30)28-9-10-31-18(28)12-24-22(29)19-14(2)26-27(5)15(19)3/h6-8,11,18H,9-10,12H2,1-5H3,(H,24,29). The van der Waals surface area contributed by atoms with Crippen molar-refractivity contribution in [3.63, 3.8) is 0 Å². The number of amides is 2. The smallest absolute Gasteiger partial charge is 0.274 e. The van der Waals surface area contributed by atoms with Crippen molar-refractivity contribution in [3.8, 4) is 10.4 Å². The van der Waals surface area contributed by atoms with Crippen LogP contribution in [0.1, 0.15) is 42.8 Å². The van der Waals surface area contributed by atoms with Gasteiger partial charge < -0.3 is 10.2 Å². The Morgan fingerprint density at radius 1 is 1.22 bits per heavy atom. The maximum Gasteiger partial charge on any atom is 0.274 e. The zero-order valence-corrected chi connectivity index (χ0v) is 20.6. The number of thioether (sulfide) groups is 1. The van der Waals surface area contributed by atoms with Gasteiger partial charge in [-0.1, -0.05) is 29.8 Å². The second-order valence-corrected chi connectivity index (χ2v) is 10.5. The van der Waals surface area contributed by atoms with Gasteiger partial charge in [0, 0.05) is 31.6 Å². The van der Waals surface area contributed by atoms with Crippen LogP contribution in [0.4, 0.5) is 0 Å². The molecule has 0 saturated carbocycles. The van der Waals surface area contributed by atoms with Gasteiger partial charge in [0.15, 0.2) is 0 Å². The Morgan fingerprint density at radius 3 is 2.69 bits per heavy atom. The van der Waals surface area contributed by atoms with Gasteiger partial charge in [-0.2, -0.15) is 5.10 Å². The summed E-state index contributed by atoms with van der Waals surface area (Å²) in [5.41, 5.74) is 4.78. The quantitative estimate of drug-likeness (QED) is 0.616. The summed E-state index contributed by atoms with van der Waals surface area (Å²) in [5, 5.41) is 8.06. The number of benzene rings is 1. The van der Waals surface area contributed by atoms with Gasteiger partial charge in [-0.25, -0.2) is 4.98 Å².